The lowest BCUT2D eigenvalue weighted by Crippen LogP contribution is -2.40. The average Bonchev–Trinajstić information content (AvgIpc) is 2.56. The zero-order valence-corrected chi connectivity index (χ0v) is 13.0. The van der Waals surface area contributed by atoms with Gasteiger partial charge in [-0.15, -0.1) is 0 Å². The SMILES string of the molecule is O=C(c1cccc(OC2CCCCC2)c1)N1CCC(O)CC1. The second-order valence-corrected chi connectivity index (χ2v) is 6.43. The number of ether oxygens (including phenoxy) is 1. The molecule has 2 fully saturated rings. The fourth-order valence-electron chi connectivity index (χ4n) is 3.33. The standard InChI is InChI=1S/C18H25NO3/c20-15-9-11-19(12-10-15)18(21)14-5-4-8-17(13-14)22-16-6-2-1-3-7-16/h4-5,8,13,15-16,20H,1-3,6-7,9-12H2. The summed E-state index contributed by atoms with van der Waals surface area (Å²) >= 11 is 0. The van der Waals surface area contributed by atoms with Gasteiger partial charge in [0, 0.05) is 18.7 Å². The van der Waals surface area contributed by atoms with Crippen LogP contribution < -0.4 is 4.74 Å². The molecule has 4 heteroatoms. The van der Waals surface area contributed by atoms with Gasteiger partial charge >= 0.3 is 0 Å². The molecule has 0 bridgehead atoms. The molecule has 2 aliphatic rings. The Bertz CT molecular complexity index is 503. The highest BCUT2D eigenvalue weighted by atomic mass is 16.5. The smallest absolute Gasteiger partial charge is 0.253 e. The number of amides is 1. The first-order valence-corrected chi connectivity index (χ1v) is 8.46. The predicted octanol–water partition coefficient (Wildman–Crippen LogP) is 3.00. The highest BCUT2D eigenvalue weighted by molar-refractivity contribution is 5.94. The first-order valence-electron chi connectivity index (χ1n) is 8.46. The Morgan fingerprint density at radius 1 is 1.09 bits per heavy atom. The predicted molar refractivity (Wildman–Crippen MR) is 85.1 cm³/mol. The minimum Gasteiger partial charge on any atom is -0.490 e. The van der Waals surface area contributed by atoms with E-state index in [4.69, 9.17) is 4.74 Å². The lowest BCUT2D eigenvalue weighted by Gasteiger charge is -2.30. The number of nitrogens with zero attached hydrogens (tertiary/aromatic N) is 1. The summed E-state index contributed by atoms with van der Waals surface area (Å²) in [6.07, 6.45) is 7.38. The van der Waals surface area contributed by atoms with Crippen molar-refractivity contribution >= 4 is 5.91 Å². The topological polar surface area (TPSA) is 49.8 Å². The number of hydrogen-bond donors (Lipinski definition) is 1. The number of aliphatic hydroxyl groups excluding tert-OH is 1. The lowest BCUT2D eigenvalue weighted by molar-refractivity contribution is 0.0545. The molecule has 0 spiro atoms. The fraction of sp³-hybridized carbons (Fsp3) is 0.611. The Morgan fingerprint density at radius 3 is 2.55 bits per heavy atom. The molecule has 0 aromatic heterocycles. The van der Waals surface area contributed by atoms with Crippen molar-refractivity contribution in [1.29, 1.82) is 0 Å². The van der Waals surface area contributed by atoms with Crippen LogP contribution in [0.2, 0.25) is 0 Å². The second-order valence-electron chi connectivity index (χ2n) is 6.43. The number of aliphatic hydroxyl groups is 1. The molecule has 1 aliphatic carbocycles. The summed E-state index contributed by atoms with van der Waals surface area (Å²) in [6.45, 7) is 1.27. The van der Waals surface area contributed by atoms with Crippen molar-refractivity contribution in [2.75, 3.05) is 13.1 Å². The van der Waals surface area contributed by atoms with Crippen molar-refractivity contribution in [1.82, 2.24) is 4.90 Å². The van der Waals surface area contributed by atoms with E-state index in [0.717, 1.165) is 18.6 Å². The molecule has 1 heterocycles. The summed E-state index contributed by atoms with van der Waals surface area (Å²) in [4.78, 5) is 14.4. The van der Waals surface area contributed by atoms with Gasteiger partial charge in [0.1, 0.15) is 5.75 Å². The maximum Gasteiger partial charge on any atom is 0.253 e. The van der Waals surface area contributed by atoms with E-state index in [1.165, 1.54) is 19.3 Å². The van der Waals surface area contributed by atoms with Gasteiger partial charge < -0.3 is 14.7 Å². The van der Waals surface area contributed by atoms with Crippen molar-refractivity contribution in [3.8, 4) is 5.75 Å². The van der Waals surface area contributed by atoms with Crippen molar-refractivity contribution in [2.24, 2.45) is 0 Å². The zero-order valence-electron chi connectivity index (χ0n) is 13.0. The second kappa shape index (κ2) is 7.14. The van der Waals surface area contributed by atoms with E-state index in [9.17, 15) is 9.90 Å². The van der Waals surface area contributed by atoms with Crippen molar-refractivity contribution in [3.63, 3.8) is 0 Å². The van der Waals surface area contributed by atoms with E-state index in [-0.39, 0.29) is 12.0 Å². The van der Waals surface area contributed by atoms with Gasteiger partial charge in [-0.25, -0.2) is 0 Å². The van der Waals surface area contributed by atoms with Crippen LogP contribution >= 0.6 is 0 Å². The van der Waals surface area contributed by atoms with E-state index < -0.39 is 0 Å². The number of benzene rings is 1. The van der Waals surface area contributed by atoms with E-state index >= 15 is 0 Å². The molecule has 120 valence electrons. The first kappa shape index (κ1) is 15.3. The molecule has 4 nitrogen and oxygen atoms in total. The highest BCUT2D eigenvalue weighted by Gasteiger charge is 2.23. The van der Waals surface area contributed by atoms with Crippen molar-refractivity contribution < 1.29 is 14.6 Å². The minimum absolute atomic E-state index is 0.0426. The number of piperidine rings is 1. The largest absolute Gasteiger partial charge is 0.490 e. The lowest BCUT2D eigenvalue weighted by atomic mass is 9.98. The molecule has 1 amide bonds. The third-order valence-corrected chi connectivity index (χ3v) is 4.69. The van der Waals surface area contributed by atoms with Gasteiger partial charge in [-0.2, -0.15) is 0 Å². The number of carbonyl (C=O) groups is 1. The van der Waals surface area contributed by atoms with Crippen LogP contribution in [0.5, 0.6) is 5.75 Å². The molecule has 1 aromatic carbocycles. The van der Waals surface area contributed by atoms with E-state index in [1.807, 2.05) is 29.2 Å². The van der Waals surface area contributed by atoms with E-state index in [2.05, 4.69) is 0 Å². The van der Waals surface area contributed by atoms with Crippen LogP contribution in [-0.4, -0.2) is 41.2 Å². The van der Waals surface area contributed by atoms with Gasteiger partial charge in [-0.1, -0.05) is 12.5 Å². The minimum atomic E-state index is -0.259. The first-order chi connectivity index (χ1) is 10.7. The van der Waals surface area contributed by atoms with Crippen LogP contribution in [0.15, 0.2) is 24.3 Å². The molecule has 0 atom stereocenters. The summed E-state index contributed by atoms with van der Waals surface area (Å²) < 4.78 is 6.04. The fourth-order valence-corrected chi connectivity index (χ4v) is 3.33. The molecule has 1 aromatic rings. The van der Waals surface area contributed by atoms with Crippen LogP contribution in [0, 0.1) is 0 Å². The molecule has 0 unspecified atom stereocenters. The molecule has 3 rings (SSSR count). The van der Waals surface area contributed by atoms with Crippen LogP contribution in [-0.2, 0) is 0 Å². The molecule has 0 radical (unpaired) electrons. The van der Waals surface area contributed by atoms with E-state index in [1.54, 1.807) is 0 Å². The van der Waals surface area contributed by atoms with Gasteiger partial charge in [0.2, 0.25) is 0 Å². The van der Waals surface area contributed by atoms with Crippen molar-refractivity contribution in [2.45, 2.75) is 57.2 Å². The highest BCUT2D eigenvalue weighted by Crippen LogP contribution is 2.24. The maximum atomic E-state index is 12.5. The molecule has 1 N–H and O–H groups in total. The summed E-state index contributed by atoms with van der Waals surface area (Å²) in [5.41, 5.74) is 0.685. The van der Waals surface area contributed by atoms with Crippen LogP contribution in [0.25, 0.3) is 0 Å². The van der Waals surface area contributed by atoms with Crippen LogP contribution in [0.1, 0.15) is 55.3 Å². The van der Waals surface area contributed by atoms with Gasteiger partial charge in [0.15, 0.2) is 0 Å². The van der Waals surface area contributed by atoms with Gasteiger partial charge in [-0.3, -0.25) is 4.79 Å². The number of rotatable bonds is 3. The van der Waals surface area contributed by atoms with Gasteiger partial charge in [-0.05, 0) is 56.7 Å². The summed E-state index contributed by atoms with van der Waals surface area (Å²) in [6, 6.07) is 7.54. The molecular formula is C18H25NO3. The Labute approximate surface area is 132 Å². The molecule has 1 aliphatic heterocycles. The van der Waals surface area contributed by atoms with E-state index in [0.29, 0.717) is 37.6 Å². The monoisotopic (exact) mass is 303 g/mol. The molecule has 22 heavy (non-hydrogen) atoms. The number of carbonyl (C=O) groups excluding carboxylic acids is 1. The van der Waals surface area contributed by atoms with Crippen LogP contribution in [0.4, 0.5) is 0 Å². The average molecular weight is 303 g/mol. The third kappa shape index (κ3) is 3.80. The zero-order chi connectivity index (χ0) is 15.4. The van der Waals surface area contributed by atoms with Gasteiger partial charge in [0.05, 0.1) is 12.2 Å². The Kier molecular flexibility index (Phi) is 4.98. The quantitative estimate of drug-likeness (QED) is 0.934. The molecule has 1 saturated carbocycles. The normalized spacial score (nSPS) is 20.9. The van der Waals surface area contributed by atoms with Crippen LogP contribution in [0.3, 0.4) is 0 Å². The number of likely N-dealkylation sites (tertiary alicyclic amines) is 1. The summed E-state index contributed by atoms with van der Waals surface area (Å²) in [5, 5.41) is 9.55. The Morgan fingerprint density at radius 2 is 1.82 bits per heavy atom. The third-order valence-electron chi connectivity index (χ3n) is 4.69. The summed E-state index contributed by atoms with van der Waals surface area (Å²) in [5.74, 6) is 0.843. The summed E-state index contributed by atoms with van der Waals surface area (Å²) in [7, 11) is 0. The van der Waals surface area contributed by atoms with Crippen molar-refractivity contribution in [3.05, 3.63) is 29.8 Å². The maximum absolute atomic E-state index is 12.5. The molecule has 1 saturated heterocycles. The molecular weight excluding hydrogens is 278 g/mol. The Balaban J connectivity index is 1.63. The van der Waals surface area contributed by atoms with Gasteiger partial charge in [0.25, 0.3) is 5.91 Å². The Hall–Kier alpha value is -1.55. The number of hydrogen-bond acceptors (Lipinski definition) is 3.